The Morgan fingerprint density at radius 1 is 1.67 bits per heavy atom. The lowest BCUT2D eigenvalue weighted by Gasteiger charge is -2.05. The summed E-state index contributed by atoms with van der Waals surface area (Å²) >= 11 is 0. The second kappa shape index (κ2) is 3.54. The van der Waals surface area contributed by atoms with Gasteiger partial charge < -0.3 is 10.8 Å². The van der Waals surface area contributed by atoms with Crippen LogP contribution in [0, 0.1) is 0 Å². The minimum atomic E-state index is -4.60. The van der Waals surface area contributed by atoms with E-state index >= 15 is 0 Å². The number of aryl methyl sites for hydroxylation is 1. The number of aliphatic carboxylic acids is 1. The summed E-state index contributed by atoms with van der Waals surface area (Å²) in [6.07, 6.45) is -4.60. The van der Waals surface area contributed by atoms with Crippen LogP contribution >= 0.6 is 0 Å². The van der Waals surface area contributed by atoms with E-state index in [-0.39, 0.29) is 5.69 Å². The zero-order valence-corrected chi connectivity index (χ0v) is 7.62. The highest BCUT2D eigenvalue weighted by atomic mass is 19.4. The van der Waals surface area contributed by atoms with E-state index < -0.39 is 23.9 Å². The second-order valence-electron chi connectivity index (χ2n) is 2.89. The second-order valence-corrected chi connectivity index (χ2v) is 2.89. The summed E-state index contributed by atoms with van der Waals surface area (Å²) in [5.74, 6) is -1.41. The molecule has 0 saturated heterocycles. The van der Waals surface area contributed by atoms with Crippen LogP contribution in [0.3, 0.4) is 0 Å². The number of carbonyl (C=O) groups is 1. The number of alkyl halides is 3. The van der Waals surface area contributed by atoms with Crippen LogP contribution in [0.2, 0.25) is 0 Å². The number of rotatable bonds is 2. The fraction of sp³-hybridized carbons (Fsp3) is 0.429. The Bertz CT molecular complexity index is 385. The lowest BCUT2D eigenvalue weighted by molar-refractivity contribution is -0.141. The lowest BCUT2D eigenvalue weighted by Crippen LogP contribution is -2.23. The van der Waals surface area contributed by atoms with Crippen LogP contribution in [0.1, 0.15) is 17.4 Å². The van der Waals surface area contributed by atoms with Crippen molar-refractivity contribution in [2.45, 2.75) is 12.2 Å². The molecule has 1 aromatic heterocycles. The first-order valence-corrected chi connectivity index (χ1v) is 3.83. The van der Waals surface area contributed by atoms with E-state index in [9.17, 15) is 18.0 Å². The minimum Gasteiger partial charge on any atom is -0.480 e. The van der Waals surface area contributed by atoms with Crippen molar-refractivity contribution >= 4 is 5.97 Å². The molecule has 0 saturated carbocycles. The van der Waals surface area contributed by atoms with Crippen LogP contribution < -0.4 is 5.73 Å². The largest absolute Gasteiger partial charge is 0.480 e. The van der Waals surface area contributed by atoms with Gasteiger partial charge in [-0.1, -0.05) is 0 Å². The van der Waals surface area contributed by atoms with Crippen molar-refractivity contribution in [1.29, 1.82) is 0 Å². The van der Waals surface area contributed by atoms with E-state index in [0.717, 1.165) is 4.68 Å². The van der Waals surface area contributed by atoms with Gasteiger partial charge in [-0.15, -0.1) is 0 Å². The predicted molar refractivity (Wildman–Crippen MR) is 42.8 cm³/mol. The molecule has 8 heteroatoms. The van der Waals surface area contributed by atoms with E-state index in [2.05, 4.69) is 5.10 Å². The molecule has 0 amide bonds. The van der Waals surface area contributed by atoms with Gasteiger partial charge >= 0.3 is 12.1 Å². The summed E-state index contributed by atoms with van der Waals surface area (Å²) in [7, 11) is 1.20. The number of nitrogens with zero attached hydrogens (tertiary/aromatic N) is 2. The zero-order valence-electron chi connectivity index (χ0n) is 7.62. The lowest BCUT2D eigenvalue weighted by atomic mass is 10.2. The fourth-order valence-corrected chi connectivity index (χ4v) is 1.04. The van der Waals surface area contributed by atoms with Crippen molar-refractivity contribution in [3.63, 3.8) is 0 Å². The van der Waals surface area contributed by atoms with Gasteiger partial charge in [0.1, 0.15) is 6.04 Å². The number of carboxylic acid groups (broad SMARTS) is 1. The summed E-state index contributed by atoms with van der Waals surface area (Å²) in [6.45, 7) is 0. The third-order valence-corrected chi connectivity index (χ3v) is 1.79. The highest BCUT2D eigenvalue weighted by molar-refractivity contribution is 5.74. The molecule has 15 heavy (non-hydrogen) atoms. The van der Waals surface area contributed by atoms with Crippen LogP contribution in [0.5, 0.6) is 0 Å². The van der Waals surface area contributed by atoms with E-state index in [1.807, 2.05) is 0 Å². The van der Waals surface area contributed by atoms with Gasteiger partial charge in [0.15, 0.2) is 5.69 Å². The highest BCUT2D eigenvalue weighted by Crippen LogP contribution is 2.29. The SMILES string of the molecule is Cn1nc(C(F)(F)F)cc1C(N)C(=O)O. The third kappa shape index (κ3) is 2.27. The maximum absolute atomic E-state index is 12.2. The van der Waals surface area contributed by atoms with Gasteiger partial charge in [0.25, 0.3) is 0 Å². The Labute approximate surface area is 82.3 Å². The number of carboxylic acids is 1. The number of hydrogen-bond donors (Lipinski definition) is 2. The summed E-state index contributed by atoms with van der Waals surface area (Å²) in [6, 6.07) is -0.891. The van der Waals surface area contributed by atoms with Gasteiger partial charge in [-0.05, 0) is 6.07 Å². The Balaban J connectivity index is 3.12. The number of hydrogen-bond acceptors (Lipinski definition) is 3. The molecule has 1 unspecified atom stereocenters. The molecule has 3 N–H and O–H groups in total. The van der Waals surface area contributed by atoms with Crippen LogP contribution in [0.25, 0.3) is 0 Å². The number of aromatic nitrogens is 2. The first kappa shape index (κ1) is 11.5. The van der Waals surface area contributed by atoms with Crippen molar-refractivity contribution < 1.29 is 23.1 Å². The van der Waals surface area contributed by atoms with Crippen molar-refractivity contribution in [3.8, 4) is 0 Å². The minimum absolute atomic E-state index is 0.199. The standard InChI is InChI=1S/C7H8F3N3O2/c1-13-3(5(11)6(14)15)2-4(12-13)7(8,9)10/h2,5H,11H2,1H3,(H,14,15). The van der Waals surface area contributed by atoms with Crippen molar-refractivity contribution in [1.82, 2.24) is 9.78 Å². The average Bonchev–Trinajstić information content (AvgIpc) is 2.45. The quantitative estimate of drug-likeness (QED) is 0.765. The number of nitrogens with two attached hydrogens (primary N) is 1. The molecule has 0 radical (unpaired) electrons. The Hall–Kier alpha value is -1.57. The fourth-order valence-electron chi connectivity index (χ4n) is 1.04. The van der Waals surface area contributed by atoms with Gasteiger partial charge in [-0.3, -0.25) is 9.48 Å². The molecule has 1 rings (SSSR count). The van der Waals surface area contributed by atoms with Gasteiger partial charge in [0.2, 0.25) is 0 Å². The molecule has 1 atom stereocenters. The van der Waals surface area contributed by atoms with E-state index in [0.29, 0.717) is 6.07 Å². The van der Waals surface area contributed by atoms with E-state index in [1.165, 1.54) is 7.05 Å². The van der Waals surface area contributed by atoms with Crippen molar-refractivity contribution in [3.05, 3.63) is 17.5 Å². The van der Waals surface area contributed by atoms with Gasteiger partial charge in [0.05, 0.1) is 5.69 Å². The van der Waals surface area contributed by atoms with Gasteiger partial charge in [0, 0.05) is 7.05 Å². The zero-order chi connectivity index (χ0) is 11.8. The van der Waals surface area contributed by atoms with Crippen molar-refractivity contribution in [2.24, 2.45) is 12.8 Å². The first-order valence-electron chi connectivity index (χ1n) is 3.83. The van der Waals surface area contributed by atoms with Crippen molar-refractivity contribution in [2.75, 3.05) is 0 Å². The molecule has 1 heterocycles. The first-order chi connectivity index (χ1) is 6.73. The molecule has 84 valence electrons. The predicted octanol–water partition coefficient (Wildman–Crippen LogP) is 0.523. The Kier molecular flexibility index (Phi) is 2.71. The van der Waals surface area contributed by atoms with E-state index in [1.54, 1.807) is 0 Å². The molecule has 1 aromatic rings. The monoisotopic (exact) mass is 223 g/mol. The molecular weight excluding hydrogens is 215 g/mol. The maximum Gasteiger partial charge on any atom is 0.435 e. The van der Waals surface area contributed by atoms with Crippen LogP contribution in [0.4, 0.5) is 13.2 Å². The molecule has 0 bridgehead atoms. The normalized spacial score (nSPS) is 13.9. The Morgan fingerprint density at radius 2 is 2.20 bits per heavy atom. The number of halogens is 3. The summed E-state index contributed by atoms with van der Waals surface area (Å²) in [5.41, 5.74) is 3.81. The molecule has 0 aromatic carbocycles. The van der Waals surface area contributed by atoms with Crippen LogP contribution in [-0.4, -0.2) is 20.9 Å². The van der Waals surface area contributed by atoms with Gasteiger partial charge in [-0.2, -0.15) is 18.3 Å². The molecule has 0 spiro atoms. The van der Waals surface area contributed by atoms with E-state index in [4.69, 9.17) is 10.8 Å². The summed E-state index contributed by atoms with van der Waals surface area (Å²) in [5, 5.41) is 11.7. The smallest absolute Gasteiger partial charge is 0.435 e. The Morgan fingerprint density at radius 3 is 2.53 bits per heavy atom. The molecule has 0 fully saturated rings. The molecular formula is C7H8F3N3O2. The van der Waals surface area contributed by atoms with Crippen LogP contribution in [-0.2, 0) is 18.0 Å². The summed E-state index contributed by atoms with van der Waals surface area (Å²) in [4.78, 5) is 10.5. The average molecular weight is 223 g/mol. The summed E-state index contributed by atoms with van der Waals surface area (Å²) < 4.78 is 37.4. The third-order valence-electron chi connectivity index (χ3n) is 1.79. The molecule has 0 aliphatic carbocycles. The maximum atomic E-state index is 12.2. The molecule has 0 aliphatic heterocycles. The van der Waals surface area contributed by atoms with Gasteiger partial charge in [-0.25, -0.2) is 0 Å². The van der Waals surface area contributed by atoms with Crippen LogP contribution in [0.15, 0.2) is 6.07 Å². The topological polar surface area (TPSA) is 81.1 Å². The highest BCUT2D eigenvalue weighted by Gasteiger charge is 2.35. The molecule has 5 nitrogen and oxygen atoms in total. The molecule has 0 aliphatic rings.